The second-order valence-corrected chi connectivity index (χ2v) is 3.80. The van der Waals surface area contributed by atoms with Gasteiger partial charge in [-0.3, -0.25) is 4.90 Å². The van der Waals surface area contributed by atoms with Crippen molar-refractivity contribution in [2.75, 3.05) is 4.90 Å². The van der Waals surface area contributed by atoms with Gasteiger partial charge in [0.15, 0.2) is 12.0 Å². The number of hydrogen-bond acceptors (Lipinski definition) is 5. The fourth-order valence-electron chi connectivity index (χ4n) is 1.36. The summed E-state index contributed by atoms with van der Waals surface area (Å²) in [6.07, 6.45) is 2.06. The van der Waals surface area contributed by atoms with Gasteiger partial charge in [0.1, 0.15) is 0 Å². The van der Waals surface area contributed by atoms with Gasteiger partial charge in [-0.15, -0.1) is 10.2 Å². The van der Waals surface area contributed by atoms with Crippen LogP contribution in [0.4, 0.5) is 5.69 Å². The summed E-state index contributed by atoms with van der Waals surface area (Å²) in [6.45, 7) is 0.269. The number of nitrogens with zero attached hydrogens (tertiary/aromatic N) is 6. The molecule has 0 atom stereocenters. The molecule has 0 fully saturated rings. The van der Waals surface area contributed by atoms with Crippen LogP contribution in [0, 0.1) is 11.5 Å². The van der Waals surface area contributed by atoms with E-state index in [0.717, 1.165) is 0 Å². The number of nitriles is 1. The van der Waals surface area contributed by atoms with Crippen LogP contribution in [-0.4, -0.2) is 20.2 Å². The van der Waals surface area contributed by atoms with Gasteiger partial charge in [0.05, 0.1) is 19.3 Å². The van der Waals surface area contributed by atoms with E-state index in [-0.39, 0.29) is 6.54 Å². The summed E-state index contributed by atoms with van der Waals surface area (Å²) in [6, 6.07) is 7.04. The molecule has 1 aromatic heterocycles. The van der Waals surface area contributed by atoms with Gasteiger partial charge in [0.2, 0.25) is 0 Å². The van der Waals surface area contributed by atoms with Crippen LogP contribution in [-0.2, 0) is 13.6 Å². The maximum absolute atomic E-state index is 9.09. The standard InChI is InChI=1S/C10H9ClN6/c1-16-14-10(13-15-16)6-17(7-12)9-4-2-3-8(11)5-9/h2-5H,6H2,1H3. The van der Waals surface area contributed by atoms with Crippen molar-refractivity contribution in [3.05, 3.63) is 35.1 Å². The van der Waals surface area contributed by atoms with Crippen LogP contribution >= 0.6 is 11.6 Å². The van der Waals surface area contributed by atoms with Gasteiger partial charge in [-0.2, -0.15) is 10.1 Å². The predicted molar refractivity (Wildman–Crippen MR) is 62.0 cm³/mol. The molecule has 1 heterocycles. The Kier molecular flexibility index (Phi) is 3.21. The molecule has 86 valence electrons. The fourth-order valence-corrected chi connectivity index (χ4v) is 1.54. The SMILES string of the molecule is Cn1nnc(CN(C#N)c2cccc(Cl)c2)n1. The molecule has 0 saturated heterocycles. The van der Waals surface area contributed by atoms with E-state index in [1.54, 1.807) is 31.3 Å². The minimum absolute atomic E-state index is 0.269. The highest BCUT2D eigenvalue weighted by Crippen LogP contribution is 2.19. The van der Waals surface area contributed by atoms with Crippen LogP contribution in [0.1, 0.15) is 5.82 Å². The van der Waals surface area contributed by atoms with Crippen LogP contribution in [0.15, 0.2) is 24.3 Å². The zero-order valence-electron chi connectivity index (χ0n) is 9.08. The summed E-state index contributed by atoms with van der Waals surface area (Å²) in [7, 11) is 1.67. The summed E-state index contributed by atoms with van der Waals surface area (Å²) < 4.78 is 0. The van der Waals surface area contributed by atoms with Gasteiger partial charge in [-0.25, -0.2) is 0 Å². The van der Waals surface area contributed by atoms with Crippen molar-refractivity contribution in [2.45, 2.75) is 6.54 Å². The van der Waals surface area contributed by atoms with Gasteiger partial charge < -0.3 is 0 Å². The zero-order chi connectivity index (χ0) is 12.3. The topological polar surface area (TPSA) is 70.6 Å². The maximum atomic E-state index is 9.09. The van der Waals surface area contributed by atoms with E-state index in [1.165, 1.54) is 9.70 Å². The minimum atomic E-state index is 0.269. The molecule has 0 aliphatic rings. The van der Waals surface area contributed by atoms with Gasteiger partial charge in [0.25, 0.3) is 0 Å². The molecule has 1 aromatic carbocycles. The highest BCUT2D eigenvalue weighted by Gasteiger charge is 2.10. The monoisotopic (exact) mass is 248 g/mol. The molecule has 0 aliphatic carbocycles. The Bertz CT molecular complexity index is 558. The van der Waals surface area contributed by atoms with Gasteiger partial charge in [0, 0.05) is 5.02 Å². The van der Waals surface area contributed by atoms with E-state index in [1.807, 2.05) is 0 Å². The van der Waals surface area contributed by atoms with Crippen LogP contribution < -0.4 is 4.90 Å². The number of halogens is 1. The molecule has 0 radical (unpaired) electrons. The van der Waals surface area contributed by atoms with Crippen molar-refractivity contribution in [1.29, 1.82) is 5.26 Å². The first-order chi connectivity index (χ1) is 8.19. The van der Waals surface area contributed by atoms with E-state index in [4.69, 9.17) is 16.9 Å². The average Bonchev–Trinajstić information content (AvgIpc) is 2.72. The summed E-state index contributed by atoms with van der Waals surface area (Å²) in [5.74, 6) is 0.481. The molecule has 2 aromatic rings. The maximum Gasteiger partial charge on any atom is 0.195 e. The predicted octanol–water partition coefficient (Wildman–Crippen LogP) is 1.35. The van der Waals surface area contributed by atoms with Crippen LogP contribution in [0.2, 0.25) is 5.02 Å². The quantitative estimate of drug-likeness (QED) is 0.606. The van der Waals surface area contributed by atoms with E-state index in [9.17, 15) is 0 Å². The number of aryl methyl sites for hydroxylation is 1. The Hall–Kier alpha value is -2.13. The molecule has 2 rings (SSSR count). The van der Waals surface area contributed by atoms with Gasteiger partial charge >= 0.3 is 0 Å². The second-order valence-electron chi connectivity index (χ2n) is 3.36. The normalized spacial score (nSPS) is 9.94. The van der Waals surface area contributed by atoms with E-state index < -0.39 is 0 Å². The van der Waals surface area contributed by atoms with Crippen molar-refractivity contribution in [3.63, 3.8) is 0 Å². The highest BCUT2D eigenvalue weighted by molar-refractivity contribution is 6.30. The number of anilines is 1. The van der Waals surface area contributed by atoms with E-state index in [0.29, 0.717) is 16.5 Å². The first-order valence-electron chi connectivity index (χ1n) is 4.85. The third-order valence-corrected chi connectivity index (χ3v) is 2.32. The molecule has 0 N–H and O–H groups in total. The minimum Gasteiger partial charge on any atom is -0.272 e. The Morgan fingerprint density at radius 2 is 2.35 bits per heavy atom. The number of aromatic nitrogens is 4. The van der Waals surface area contributed by atoms with Crippen LogP contribution in [0.25, 0.3) is 0 Å². The van der Waals surface area contributed by atoms with Crippen LogP contribution in [0.5, 0.6) is 0 Å². The van der Waals surface area contributed by atoms with E-state index in [2.05, 4.69) is 21.6 Å². The van der Waals surface area contributed by atoms with E-state index >= 15 is 0 Å². The fraction of sp³-hybridized carbons (Fsp3) is 0.200. The van der Waals surface area contributed by atoms with Crippen molar-refractivity contribution in [2.24, 2.45) is 7.05 Å². The summed E-state index contributed by atoms with van der Waals surface area (Å²) in [5.41, 5.74) is 0.701. The molecule has 7 heteroatoms. The molecular weight excluding hydrogens is 240 g/mol. The summed E-state index contributed by atoms with van der Waals surface area (Å²) >= 11 is 5.87. The Balaban J connectivity index is 2.20. The Labute approximate surface area is 103 Å². The lowest BCUT2D eigenvalue weighted by Crippen LogP contribution is -2.16. The molecule has 6 nitrogen and oxygen atoms in total. The molecule has 0 amide bonds. The number of rotatable bonds is 3. The molecular formula is C10H9ClN6. The lowest BCUT2D eigenvalue weighted by atomic mass is 10.3. The van der Waals surface area contributed by atoms with Crippen molar-refractivity contribution in [1.82, 2.24) is 20.2 Å². The molecule has 0 spiro atoms. The van der Waals surface area contributed by atoms with Crippen LogP contribution in [0.3, 0.4) is 0 Å². The zero-order valence-corrected chi connectivity index (χ0v) is 9.83. The third kappa shape index (κ3) is 2.71. The van der Waals surface area contributed by atoms with Gasteiger partial charge in [-0.1, -0.05) is 17.7 Å². The van der Waals surface area contributed by atoms with Gasteiger partial charge in [-0.05, 0) is 23.4 Å². The number of hydrogen-bond donors (Lipinski definition) is 0. The largest absolute Gasteiger partial charge is 0.272 e. The Morgan fingerprint density at radius 1 is 1.53 bits per heavy atom. The van der Waals surface area contributed by atoms with Crippen molar-refractivity contribution < 1.29 is 0 Å². The molecule has 0 saturated carbocycles. The number of benzene rings is 1. The highest BCUT2D eigenvalue weighted by atomic mass is 35.5. The number of tetrazole rings is 1. The lowest BCUT2D eigenvalue weighted by molar-refractivity contribution is 0.627. The summed E-state index contributed by atoms with van der Waals surface area (Å²) in [4.78, 5) is 2.80. The smallest absolute Gasteiger partial charge is 0.195 e. The second kappa shape index (κ2) is 4.80. The molecule has 17 heavy (non-hydrogen) atoms. The third-order valence-electron chi connectivity index (χ3n) is 2.09. The van der Waals surface area contributed by atoms with Crippen molar-refractivity contribution >= 4 is 17.3 Å². The molecule has 0 unspecified atom stereocenters. The first kappa shape index (κ1) is 11.4. The molecule has 0 bridgehead atoms. The lowest BCUT2D eigenvalue weighted by Gasteiger charge is -2.13. The first-order valence-corrected chi connectivity index (χ1v) is 5.22. The molecule has 0 aliphatic heterocycles. The Morgan fingerprint density at radius 3 is 2.94 bits per heavy atom. The average molecular weight is 249 g/mol. The van der Waals surface area contributed by atoms with Crippen molar-refractivity contribution in [3.8, 4) is 6.19 Å². The summed E-state index contributed by atoms with van der Waals surface area (Å²) in [5, 5.41) is 21.2.